The highest BCUT2D eigenvalue weighted by atomic mass is 16.6. The molecule has 0 aromatic heterocycles. The lowest BCUT2D eigenvalue weighted by Gasteiger charge is -2.36. The number of ether oxygens (including phenoxy) is 1. The van der Waals surface area contributed by atoms with E-state index < -0.39 is 4.92 Å². The van der Waals surface area contributed by atoms with Crippen LogP contribution in [0.4, 0.5) is 11.4 Å². The summed E-state index contributed by atoms with van der Waals surface area (Å²) in [4.78, 5) is 38.8. The molecular formula is C18H23N3O5. The highest BCUT2D eigenvalue weighted by Crippen LogP contribution is 2.35. The quantitative estimate of drug-likeness (QED) is 0.593. The normalized spacial score (nSPS) is 17.4. The van der Waals surface area contributed by atoms with Crippen LogP contribution in [0.1, 0.15) is 39.0 Å². The number of non-ortho nitro benzene ring substituents is 1. The second kappa shape index (κ2) is 7.72. The monoisotopic (exact) mass is 361 g/mol. The fourth-order valence-electron chi connectivity index (χ4n) is 3.73. The van der Waals surface area contributed by atoms with Gasteiger partial charge >= 0.3 is 0 Å². The van der Waals surface area contributed by atoms with Crippen molar-refractivity contribution in [3.8, 4) is 5.75 Å². The molecule has 0 bridgehead atoms. The van der Waals surface area contributed by atoms with Crippen molar-refractivity contribution in [2.75, 3.05) is 24.6 Å². The predicted octanol–water partition coefficient (Wildman–Crippen LogP) is 2.50. The molecule has 8 nitrogen and oxygen atoms in total. The van der Waals surface area contributed by atoms with Gasteiger partial charge in [0.05, 0.1) is 10.6 Å². The van der Waals surface area contributed by atoms with Gasteiger partial charge in [0, 0.05) is 24.7 Å². The van der Waals surface area contributed by atoms with Gasteiger partial charge in [-0.2, -0.15) is 0 Å². The van der Waals surface area contributed by atoms with Crippen molar-refractivity contribution >= 4 is 23.2 Å². The number of hydrogen-bond acceptors (Lipinski definition) is 5. The zero-order chi connectivity index (χ0) is 18.7. The molecule has 0 saturated heterocycles. The zero-order valence-electron chi connectivity index (χ0n) is 14.8. The standard InChI is InChI=1S/C18H23N3O5/c1-2-19(13-6-4-3-5-7-13)17(22)11-20-15-10-14(21(24)25)8-9-16(15)26-12-18(20)23/h8-10,13H,2-7,11-12H2,1H3. The Balaban J connectivity index is 1.82. The van der Waals surface area contributed by atoms with E-state index in [0.29, 0.717) is 12.3 Å². The van der Waals surface area contributed by atoms with Crippen molar-refractivity contribution in [1.29, 1.82) is 0 Å². The average Bonchev–Trinajstić information content (AvgIpc) is 2.65. The average molecular weight is 361 g/mol. The largest absolute Gasteiger partial charge is 0.482 e. The summed E-state index contributed by atoms with van der Waals surface area (Å²) in [5, 5.41) is 11.0. The van der Waals surface area contributed by atoms with Crippen LogP contribution >= 0.6 is 0 Å². The van der Waals surface area contributed by atoms with E-state index in [4.69, 9.17) is 4.74 Å². The van der Waals surface area contributed by atoms with E-state index in [1.54, 1.807) is 0 Å². The molecule has 1 heterocycles. The molecule has 1 saturated carbocycles. The molecule has 26 heavy (non-hydrogen) atoms. The number of fused-ring (bicyclic) bond motifs is 1. The van der Waals surface area contributed by atoms with Gasteiger partial charge in [0.15, 0.2) is 6.61 Å². The zero-order valence-corrected chi connectivity index (χ0v) is 14.8. The first kappa shape index (κ1) is 18.2. The van der Waals surface area contributed by atoms with Gasteiger partial charge in [0.1, 0.15) is 12.3 Å². The van der Waals surface area contributed by atoms with Gasteiger partial charge in [0.25, 0.3) is 11.6 Å². The number of rotatable bonds is 5. The van der Waals surface area contributed by atoms with Crippen LogP contribution in [-0.2, 0) is 9.59 Å². The molecule has 2 amide bonds. The first-order chi connectivity index (χ1) is 12.5. The molecule has 140 valence electrons. The number of anilines is 1. The summed E-state index contributed by atoms with van der Waals surface area (Å²) in [6.07, 6.45) is 5.39. The van der Waals surface area contributed by atoms with Crippen LogP contribution in [0.2, 0.25) is 0 Å². The van der Waals surface area contributed by atoms with Gasteiger partial charge in [-0.25, -0.2) is 0 Å². The summed E-state index contributed by atoms with van der Waals surface area (Å²) in [6.45, 7) is 2.23. The second-order valence-corrected chi connectivity index (χ2v) is 6.65. The Hall–Kier alpha value is -2.64. The van der Waals surface area contributed by atoms with E-state index in [0.717, 1.165) is 25.7 Å². The van der Waals surface area contributed by atoms with Gasteiger partial charge < -0.3 is 9.64 Å². The Labute approximate surface area is 151 Å². The van der Waals surface area contributed by atoms with Crippen molar-refractivity contribution in [1.82, 2.24) is 4.90 Å². The van der Waals surface area contributed by atoms with Gasteiger partial charge in [-0.3, -0.25) is 24.6 Å². The fourth-order valence-corrected chi connectivity index (χ4v) is 3.73. The van der Waals surface area contributed by atoms with E-state index in [1.807, 2.05) is 11.8 Å². The molecule has 0 unspecified atom stereocenters. The second-order valence-electron chi connectivity index (χ2n) is 6.65. The van der Waals surface area contributed by atoms with Gasteiger partial charge in [-0.05, 0) is 25.8 Å². The molecule has 8 heteroatoms. The highest BCUT2D eigenvalue weighted by molar-refractivity contribution is 6.02. The van der Waals surface area contributed by atoms with E-state index in [1.165, 1.54) is 29.5 Å². The Bertz CT molecular complexity index is 715. The molecule has 1 aromatic rings. The predicted molar refractivity (Wildman–Crippen MR) is 95.2 cm³/mol. The summed E-state index contributed by atoms with van der Waals surface area (Å²) < 4.78 is 5.35. The first-order valence-corrected chi connectivity index (χ1v) is 9.02. The smallest absolute Gasteiger partial charge is 0.271 e. The van der Waals surface area contributed by atoms with Crippen LogP contribution in [0.15, 0.2) is 18.2 Å². The summed E-state index contributed by atoms with van der Waals surface area (Å²) in [5.41, 5.74) is 0.141. The summed E-state index contributed by atoms with van der Waals surface area (Å²) in [5.74, 6) is -0.123. The maximum atomic E-state index is 12.9. The molecular weight excluding hydrogens is 338 g/mol. The Morgan fingerprint density at radius 2 is 2.08 bits per heavy atom. The van der Waals surface area contributed by atoms with Crippen LogP contribution in [-0.4, -0.2) is 47.4 Å². The number of benzene rings is 1. The Morgan fingerprint density at radius 1 is 1.35 bits per heavy atom. The van der Waals surface area contributed by atoms with Gasteiger partial charge in [-0.1, -0.05) is 19.3 Å². The molecule has 1 aliphatic carbocycles. The molecule has 1 aliphatic heterocycles. The van der Waals surface area contributed by atoms with E-state index in [2.05, 4.69) is 0 Å². The molecule has 0 spiro atoms. The third-order valence-electron chi connectivity index (χ3n) is 5.07. The van der Waals surface area contributed by atoms with Crippen LogP contribution in [0.5, 0.6) is 5.75 Å². The summed E-state index contributed by atoms with van der Waals surface area (Å²) >= 11 is 0. The maximum Gasteiger partial charge on any atom is 0.271 e. The highest BCUT2D eigenvalue weighted by Gasteiger charge is 2.32. The molecule has 1 fully saturated rings. The summed E-state index contributed by atoms with van der Waals surface area (Å²) in [7, 11) is 0. The SMILES string of the molecule is CCN(C(=O)CN1C(=O)COc2ccc([N+](=O)[O-])cc21)C1CCCCC1. The third-order valence-corrected chi connectivity index (χ3v) is 5.07. The van der Waals surface area contributed by atoms with E-state index in [-0.39, 0.29) is 42.4 Å². The lowest BCUT2D eigenvalue weighted by Crippen LogP contribution is -2.49. The number of amides is 2. The van der Waals surface area contributed by atoms with Gasteiger partial charge in [0.2, 0.25) is 5.91 Å². The minimum atomic E-state index is -0.528. The van der Waals surface area contributed by atoms with Gasteiger partial charge in [-0.15, -0.1) is 0 Å². The van der Waals surface area contributed by atoms with E-state index in [9.17, 15) is 19.7 Å². The third kappa shape index (κ3) is 3.63. The Kier molecular flexibility index (Phi) is 5.39. The number of hydrogen-bond donors (Lipinski definition) is 0. The molecule has 0 atom stereocenters. The molecule has 2 aliphatic rings. The van der Waals surface area contributed by atoms with Crippen LogP contribution in [0, 0.1) is 10.1 Å². The Morgan fingerprint density at radius 3 is 2.73 bits per heavy atom. The summed E-state index contributed by atoms with van der Waals surface area (Å²) in [6, 6.07) is 4.30. The van der Waals surface area contributed by atoms with Crippen molar-refractivity contribution in [3.63, 3.8) is 0 Å². The fraction of sp³-hybridized carbons (Fsp3) is 0.556. The molecule has 0 N–H and O–H groups in total. The number of carbonyl (C=O) groups is 2. The van der Waals surface area contributed by atoms with Crippen molar-refractivity contribution in [3.05, 3.63) is 28.3 Å². The van der Waals surface area contributed by atoms with Crippen LogP contribution in [0.25, 0.3) is 0 Å². The van der Waals surface area contributed by atoms with E-state index >= 15 is 0 Å². The van der Waals surface area contributed by atoms with Crippen molar-refractivity contribution in [2.24, 2.45) is 0 Å². The lowest BCUT2D eigenvalue weighted by molar-refractivity contribution is -0.384. The number of carbonyl (C=O) groups excluding carboxylic acids is 2. The molecule has 0 radical (unpaired) electrons. The lowest BCUT2D eigenvalue weighted by atomic mass is 9.94. The topological polar surface area (TPSA) is 93.0 Å². The van der Waals surface area contributed by atoms with Crippen molar-refractivity contribution < 1.29 is 19.2 Å². The minimum absolute atomic E-state index is 0.124. The minimum Gasteiger partial charge on any atom is -0.482 e. The number of nitrogens with zero attached hydrogens (tertiary/aromatic N) is 3. The number of nitro groups is 1. The molecule has 3 rings (SSSR count). The number of likely N-dealkylation sites (N-methyl/N-ethyl adjacent to an activating group) is 1. The maximum absolute atomic E-state index is 12.9. The van der Waals surface area contributed by atoms with Crippen LogP contribution < -0.4 is 9.64 Å². The van der Waals surface area contributed by atoms with Crippen LogP contribution in [0.3, 0.4) is 0 Å². The first-order valence-electron chi connectivity index (χ1n) is 9.02. The van der Waals surface area contributed by atoms with Crippen molar-refractivity contribution in [2.45, 2.75) is 45.1 Å². The number of nitro benzene ring substituents is 1. The molecule has 1 aromatic carbocycles.